The van der Waals surface area contributed by atoms with Crippen molar-refractivity contribution in [3.05, 3.63) is 0 Å². The average molecular weight is 245 g/mol. The molecule has 0 aliphatic heterocycles. The molecule has 0 amide bonds. The summed E-state index contributed by atoms with van der Waals surface area (Å²) in [5, 5.41) is 13.9. The monoisotopic (exact) mass is 245 g/mol. The Balaban J connectivity index is -0.0000000383. The van der Waals surface area contributed by atoms with Crippen LogP contribution in [0.25, 0.3) is 0 Å². The summed E-state index contributed by atoms with van der Waals surface area (Å²) in [6.45, 7) is 0. The maximum absolute atomic E-state index is 8.74. The van der Waals surface area contributed by atoms with E-state index in [0.717, 1.165) is 0 Å². The molecule has 0 rings (SSSR count). The normalized spacial score (nSPS) is 7.45. The molecule has 0 fully saturated rings. The van der Waals surface area contributed by atoms with Crippen LogP contribution >= 0.6 is 0 Å². The molecule has 0 saturated carbocycles. The number of hydrogen-bond acceptors (Lipinski definition) is 3. The smallest absolute Gasteiger partial charge is 0.450 e. The van der Waals surface area contributed by atoms with Crippen LogP contribution in [-0.4, -0.2) is 56.9 Å². The van der Waals surface area contributed by atoms with E-state index < -0.39 is 16.6 Å². The van der Waals surface area contributed by atoms with E-state index in [1.165, 1.54) is 0 Å². The first kappa shape index (κ1) is 22.5. The fourth-order valence-corrected chi connectivity index (χ4v) is 0. The molecule has 0 aromatic carbocycles. The SMILES string of the molecule is O=C(O)O.O=S(=O)(O)O.[Co].[MgH2]. The Bertz CT molecular complexity index is 161. The minimum absolute atomic E-state index is 0. The van der Waals surface area contributed by atoms with Gasteiger partial charge in [-0.2, -0.15) is 8.42 Å². The van der Waals surface area contributed by atoms with E-state index in [0.29, 0.717) is 0 Å². The molecule has 0 heterocycles. The van der Waals surface area contributed by atoms with E-state index >= 15 is 0 Å². The molecule has 1 radical (unpaired) electrons. The van der Waals surface area contributed by atoms with Gasteiger partial charge in [0.1, 0.15) is 0 Å². The molecule has 0 aliphatic rings. The number of carboxylic acid groups (broad SMARTS) is 2. The fraction of sp³-hybridized carbons (Fsp3) is 0. The first-order valence-electron chi connectivity index (χ1n) is 1.35. The number of rotatable bonds is 0. The van der Waals surface area contributed by atoms with Crippen molar-refractivity contribution in [3.63, 3.8) is 0 Å². The van der Waals surface area contributed by atoms with Crippen molar-refractivity contribution in [2.75, 3.05) is 0 Å². The van der Waals surface area contributed by atoms with Gasteiger partial charge in [0.05, 0.1) is 0 Å². The Morgan fingerprint density at radius 3 is 1.09 bits per heavy atom. The maximum atomic E-state index is 8.74. The Kier molecular flexibility index (Phi) is 21.3. The van der Waals surface area contributed by atoms with E-state index in [9.17, 15) is 0 Å². The second-order valence-electron chi connectivity index (χ2n) is 0.730. The predicted molar refractivity (Wildman–Crippen MR) is 33.4 cm³/mol. The second kappa shape index (κ2) is 10.4. The minimum atomic E-state index is -4.67. The van der Waals surface area contributed by atoms with Crippen LogP contribution in [-0.2, 0) is 27.2 Å². The zero-order chi connectivity index (χ0) is 8.08. The van der Waals surface area contributed by atoms with Gasteiger partial charge < -0.3 is 10.2 Å². The van der Waals surface area contributed by atoms with Crippen molar-refractivity contribution in [1.29, 1.82) is 0 Å². The van der Waals surface area contributed by atoms with Crippen molar-refractivity contribution in [2.24, 2.45) is 0 Å². The summed E-state index contributed by atoms with van der Waals surface area (Å²) < 4.78 is 31.6. The molecule has 10 heteroatoms. The zero-order valence-electron chi connectivity index (χ0n) is 4.26. The topological polar surface area (TPSA) is 132 Å². The van der Waals surface area contributed by atoms with Crippen molar-refractivity contribution >= 4 is 39.6 Å². The van der Waals surface area contributed by atoms with Gasteiger partial charge in [-0.3, -0.25) is 9.11 Å². The maximum Gasteiger partial charge on any atom is 0.503 e. The van der Waals surface area contributed by atoms with Gasteiger partial charge in [-0.05, 0) is 0 Å². The quantitative estimate of drug-likeness (QED) is 0.306. The predicted octanol–water partition coefficient (Wildman–Crippen LogP) is -1.35. The van der Waals surface area contributed by atoms with Crippen LogP contribution in [0, 0.1) is 0 Å². The van der Waals surface area contributed by atoms with Gasteiger partial charge in [0, 0.05) is 16.8 Å². The van der Waals surface area contributed by atoms with Gasteiger partial charge >= 0.3 is 39.6 Å². The van der Waals surface area contributed by atoms with Gasteiger partial charge in [0.15, 0.2) is 0 Å². The van der Waals surface area contributed by atoms with E-state index in [1.54, 1.807) is 0 Å². The van der Waals surface area contributed by atoms with E-state index in [4.69, 9.17) is 32.5 Å². The molecule has 11 heavy (non-hydrogen) atoms. The van der Waals surface area contributed by atoms with Gasteiger partial charge in [-0.1, -0.05) is 0 Å². The van der Waals surface area contributed by atoms with Crippen LogP contribution in [0.1, 0.15) is 0 Å². The molecule has 69 valence electrons. The molecule has 0 spiro atoms. The van der Waals surface area contributed by atoms with Crippen molar-refractivity contribution in [2.45, 2.75) is 0 Å². The first-order valence-corrected chi connectivity index (χ1v) is 2.75. The van der Waals surface area contributed by atoms with Crippen molar-refractivity contribution in [3.8, 4) is 0 Å². The van der Waals surface area contributed by atoms with Gasteiger partial charge in [0.25, 0.3) is 0 Å². The summed E-state index contributed by atoms with van der Waals surface area (Å²) in [7, 11) is -4.67. The number of carbonyl (C=O) groups is 1. The Morgan fingerprint density at radius 2 is 1.09 bits per heavy atom. The van der Waals surface area contributed by atoms with Crippen LogP contribution in [0.5, 0.6) is 0 Å². The van der Waals surface area contributed by atoms with Gasteiger partial charge in [-0.15, -0.1) is 0 Å². The van der Waals surface area contributed by atoms with E-state index in [1.807, 2.05) is 0 Å². The standard InChI is InChI=1S/CH2O3.Co.Mg.H2O4S.2H/c2-1(3)4;;;1-5(2,3)4;;/h(H2,2,3,4);;;(H2,1,2,3,4);;. The molecule has 0 saturated heterocycles. The van der Waals surface area contributed by atoms with Crippen LogP contribution in [0.4, 0.5) is 4.79 Å². The van der Waals surface area contributed by atoms with Gasteiger partial charge in [0.2, 0.25) is 0 Å². The van der Waals surface area contributed by atoms with Crippen LogP contribution in [0.2, 0.25) is 0 Å². The van der Waals surface area contributed by atoms with Crippen LogP contribution < -0.4 is 0 Å². The van der Waals surface area contributed by atoms with Crippen molar-refractivity contribution in [1.82, 2.24) is 0 Å². The molecule has 7 nitrogen and oxygen atoms in total. The zero-order valence-corrected chi connectivity index (χ0v) is 6.11. The fourth-order valence-electron chi connectivity index (χ4n) is 0. The number of hydrogen-bond donors (Lipinski definition) is 4. The molecule has 0 aromatic rings. The summed E-state index contributed by atoms with van der Waals surface area (Å²) in [5.41, 5.74) is 0. The van der Waals surface area contributed by atoms with E-state index in [2.05, 4.69) is 0 Å². The molecule has 0 atom stereocenters. The molecular formula is CH6CoMgO7S. The minimum Gasteiger partial charge on any atom is -0.450 e. The summed E-state index contributed by atoms with van der Waals surface area (Å²) in [6.07, 6.45) is -1.83. The molecule has 4 N–H and O–H groups in total. The van der Waals surface area contributed by atoms with Crippen LogP contribution in [0.3, 0.4) is 0 Å². The third-order valence-electron chi connectivity index (χ3n) is 0. The van der Waals surface area contributed by atoms with Crippen LogP contribution in [0.15, 0.2) is 0 Å². The molecular weight excluding hydrogens is 239 g/mol. The molecule has 0 aromatic heterocycles. The summed E-state index contributed by atoms with van der Waals surface area (Å²) in [6, 6.07) is 0. The largest absolute Gasteiger partial charge is 0.503 e. The Morgan fingerprint density at radius 1 is 1.09 bits per heavy atom. The Labute approximate surface area is 88.7 Å². The summed E-state index contributed by atoms with van der Waals surface area (Å²) >= 11 is 0. The third kappa shape index (κ3) is 4330. The second-order valence-corrected chi connectivity index (χ2v) is 1.63. The molecule has 0 aliphatic carbocycles. The van der Waals surface area contributed by atoms with Gasteiger partial charge in [-0.25, -0.2) is 4.79 Å². The van der Waals surface area contributed by atoms with Crippen molar-refractivity contribution < 1.29 is 49.3 Å². The molecule has 0 bridgehead atoms. The molecule has 0 unspecified atom stereocenters. The van der Waals surface area contributed by atoms with E-state index in [-0.39, 0.29) is 39.8 Å². The first-order chi connectivity index (χ1) is 3.73. The summed E-state index contributed by atoms with van der Waals surface area (Å²) in [4.78, 5) is 8.56. The third-order valence-corrected chi connectivity index (χ3v) is 0. The summed E-state index contributed by atoms with van der Waals surface area (Å²) in [5.74, 6) is 0. The average Bonchev–Trinajstić information content (AvgIpc) is 1.19. The Hall–Kier alpha value is 0.413.